The van der Waals surface area contributed by atoms with Crippen LogP contribution in [-0.4, -0.2) is 22.1 Å². The zero-order chi connectivity index (χ0) is 16.9. The van der Waals surface area contributed by atoms with Crippen molar-refractivity contribution in [2.75, 3.05) is 7.11 Å². The standard InChI is InChI=1S/C20H23N3O/c1-4-5-9-18-22-19(15-10-12-16(24-3)13-11-15)20(23-18)17-8-6-7-14(2)21-17/h6-8,10-13H,4-5,9H2,1-3H3,(H,22,23). The molecule has 0 saturated heterocycles. The second-order valence-electron chi connectivity index (χ2n) is 5.90. The number of ether oxygens (including phenoxy) is 1. The van der Waals surface area contributed by atoms with Gasteiger partial charge in [-0.05, 0) is 49.7 Å². The molecule has 1 aromatic carbocycles. The third-order valence-corrected chi connectivity index (χ3v) is 4.03. The van der Waals surface area contributed by atoms with Gasteiger partial charge in [-0.25, -0.2) is 4.98 Å². The number of hydrogen-bond donors (Lipinski definition) is 1. The van der Waals surface area contributed by atoms with Crippen LogP contribution in [0.15, 0.2) is 42.5 Å². The van der Waals surface area contributed by atoms with E-state index in [0.29, 0.717) is 0 Å². The van der Waals surface area contributed by atoms with Crippen LogP contribution in [0.3, 0.4) is 0 Å². The van der Waals surface area contributed by atoms with E-state index in [1.165, 1.54) is 0 Å². The lowest BCUT2D eigenvalue weighted by atomic mass is 10.1. The lowest BCUT2D eigenvalue weighted by Gasteiger charge is -2.05. The van der Waals surface area contributed by atoms with Gasteiger partial charge in [0.1, 0.15) is 11.6 Å². The molecule has 2 aromatic heterocycles. The minimum absolute atomic E-state index is 0.843. The summed E-state index contributed by atoms with van der Waals surface area (Å²) in [5, 5.41) is 0. The molecule has 0 unspecified atom stereocenters. The summed E-state index contributed by atoms with van der Waals surface area (Å²) in [6, 6.07) is 14.1. The van der Waals surface area contributed by atoms with Crippen molar-refractivity contribution in [1.82, 2.24) is 15.0 Å². The molecule has 124 valence electrons. The quantitative estimate of drug-likeness (QED) is 0.709. The van der Waals surface area contributed by atoms with Crippen LogP contribution in [0.5, 0.6) is 5.75 Å². The minimum Gasteiger partial charge on any atom is -0.497 e. The number of pyridine rings is 1. The van der Waals surface area contributed by atoms with Crippen LogP contribution in [0.1, 0.15) is 31.3 Å². The van der Waals surface area contributed by atoms with Crippen LogP contribution in [0.4, 0.5) is 0 Å². The van der Waals surface area contributed by atoms with Crippen molar-refractivity contribution < 1.29 is 4.74 Å². The second-order valence-corrected chi connectivity index (χ2v) is 5.90. The maximum absolute atomic E-state index is 5.25. The normalized spacial score (nSPS) is 10.8. The Bertz CT molecular complexity index is 806. The van der Waals surface area contributed by atoms with Crippen molar-refractivity contribution >= 4 is 0 Å². The first-order valence-corrected chi connectivity index (χ1v) is 8.38. The number of aromatic amines is 1. The lowest BCUT2D eigenvalue weighted by molar-refractivity contribution is 0.415. The number of aromatic nitrogens is 3. The Labute approximate surface area is 142 Å². The number of benzene rings is 1. The molecule has 24 heavy (non-hydrogen) atoms. The maximum atomic E-state index is 5.25. The van der Waals surface area contributed by atoms with Gasteiger partial charge in [0, 0.05) is 17.7 Å². The number of imidazole rings is 1. The molecular formula is C20H23N3O. The van der Waals surface area contributed by atoms with Crippen molar-refractivity contribution in [2.24, 2.45) is 0 Å². The molecular weight excluding hydrogens is 298 g/mol. The first kappa shape index (κ1) is 16.2. The van der Waals surface area contributed by atoms with Crippen LogP contribution in [-0.2, 0) is 6.42 Å². The van der Waals surface area contributed by atoms with Crippen molar-refractivity contribution in [3.63, 3.8) is 0 Å². The Morgan fingerprint density at radius 1 is 1.04 bits per heavy atom. The fraction of sp³-hybridized carbons (Fsp3) is 0.300. The van der Waals surface area contributed by atoms with Gasteiger partial charge in [0.15, 0.2) is 0 Å². The van der Waals surface area contributed by atoms with Gasteiger partial charge in [0.25, 0.3) is 0 Å². The predicted molar refractivity (Wildman–Crippen MR) is 97.2 cm³/mol. The van der Waals surface area contributed by atoms with E-state index in [1.54, 1.807) is 7.11 Å². The molecule has 4 nitrogen and oxygen atoms in total. The molecule has 0 saturated carbocycles. The zero-order valence-corrected chi connectivity index (χ0v) is 14.5. The van der Waals surface area contributed by atoms with E-state index < -0.39 is 0 Å². The lowest BCUT2D eigenvalue weighted by Crippen LogP contribution is -1.90. The number of rotatable bonds is 6. The summed E-state index contributed by atoms with van der Waals surface area (Å²) in [4.78, 5) is 13.0. The number of methoxy groups -OCH3 is 1. The molecule has 0 spiro atoms. The van der Waals surface area contributed by atoms with Gasteiger partial charge < -0.3 is 9.72 Å². The smallest absolute Gasteiger partial charge is 0.118 e. The first-order chi connectivity index (χ1) is 11.7. The number of nitrogens with zero attached hydrogens (tertiary/aromatic N) is 2. The Kier molecular flexibility index (Phi) is 4.94. The highest BCUT2D eigenvalue weighted by Crippen LogP contribution is 2.30. The third kappa shape index (κ3) is 3.48. The molecule has 0 bridgehead atoms. The Morgan fingerprint density at radius 3 is 2.50 bits per heavy atom. The number of hydrogen-bond acceptors (Lipinski definition) is 3. The minimum atomic E-state index is 0.843. The Balaban J connectivity index is 2.06. The highest BCUT2D eigenvalue weighted by atomic mass is 16.5. The molecule has 1 N–H and O–H groups in total. The SMILES string of the molecule is CCCCc1nc(-c2ccc(OC)cc2)c(-c2cccc(C)n2)[nH]1. The van der Waals surface area contributed by atoms with Gasteiger partial charge in [0.2, 0.25) is 0 Å². The number of unbranched alkanes of at least 4 members (excludes halogenated alkanes) is 1. The Hall–Kier alpha value is -2.62. The summed E-state index contributed by atoms with van der Waals surface area (Å²) < 4.78 is 5.25. The molecule has 4 heteroatoms. The summed E-state index contributed by atoms with van der Waals surface area (Å²) in [6.07, 6.45) is 3.22. The number of nitrogens with one attached hydrogen (secondary N) is 1. The van der Waals surface area contributed by atoms with Crippen molar-refractivity contribution in [1.29, 1.82) is 0 Å². The number of H-pyrrole nitrogens is 1. The van der Waals surface area contributed by atoms with E-state index >= 15 is 0 Å². The van der Waals surface area contributed by atoms with Gasteiger partial charge in [-0.3, -0.25) is 4.98 Å². The maximum Gasteiger partial charge on any atom is 0.118 e. The van der Waals surface area contributed by atoms with Crippen LogP contribution in [0.25, 0.3) is 22.6 Å². The Morgan fingerprint density at radius 2 is 1.83 bits per heavy atom. The van der Waals surface area contributed by atoms with Crippen molar-refractivity contribution in [2.45, 2.75) is 33.1 Å². The molecule has 2 heterocycles. The van der Waals surface area contributed by atoms with E-state index in [0.717, 1.165) is 59.2 Å². The topological polar surface area (TPSA) is 50.8 Å². The summed E-state index contributed by atoms with van der Waals surface area (Å²) in [5.74, 6) is 1.86. The third-order valence-electron chi connectivity index (χ3n) is 4.03. The summed E-state index contributed by atoms with van der Waals surface area (Å²) in [6.45, 7) is 4.20. The molecule has 0 atom stereocenters. The summed E-state index contributed by atoms with van der Waals surface area (Å²) in [5.41, 5.74) is 4.92. The van der Waals surface area contributed by atoms with Gasteiger partial charge >= 0.3 is 0 Å². The molecule has 0 radical (unpaired) electrons. The summed E-state index contributed by atoms with van der Waals surface area (Å²) in [7, 11) is 1.68. The highest BCUT2D eigenvalue weighted by molar-refractivity contribution is 5.77. The molecule has 0 aliphatic rings. The van der Waals surface area contributed by atoms with E-state index in [-0.39, 0.29) is 0 Å². The van der Waals surface area contributed by atoms with Gasteiger partial charge in [0.05, 0.1) is 24.2 Å². The fourth-order valence-corrected chi connectivity index (χ4v) is 2.71. The predicted octanol–water partition coefficient (Wildman–Crippen LogP) is 4.80. The van der Waals surface area contributed by atoms with Crippen LogP contribution >= 0.6 is 0 Å². The van der Waals surface area contributed by atoms with E-state index in [9.17, 15) is 0 Å². The fourth-order valence-electron chi connectivity index (χ4n) is 2.71. The monoisotopic (exact) mass is 321 g/mol. The van der Waals surface area contributed by atoms with Crippen molar-refractivity contribution in [3.05, 3.63) is 54.0 Å². The van der Waals surface area contributed by atoms with E-state index in [2.05, 4.69) is 16.9 Å². The van der Waals surface area contributed by atoms with Gasteiger partial charge in [-0.2, -0.15) is 0 Å². The molecule has 0 aliphatic carbocycles. The first-order valence-electron chi connectivity index (χ1n) is 8.38. The van der Waals surface area contributed by atoms with Crippen molar-refractivity contribution in [3.8, 4) is 28.4 Å². The van der Waals surface area contributed by atoms with Crippen LogP contribution in [0, 0.1) is 6.92 Å². The molecule has 0 amide bonds. The van der Waals surface area contributed by atoms with Gasteiger partial charge in [-0.15, -0.1) is 0 Å². The van der Waals surface area contributed by atoms with E-state index in [1.807, 2.05) is 49.4 Å². The number of aryl methyl sites for hydroxylation is 2. The average Bonchev–Trinajstić information content (AvgIpc) is 3.04. The van der Waals surface area contributed by atoms with Crippen LogP contribution in [0.2, 0.25) is 0 Å². The average molecular weight is 321 g/mol. The van der Waals surface area contributed by atoms with Gasteiger partial charge in [-0.1, -0.05) is 19.4 Å². The summed E-state index contributed by atoms with van der Waals surface area (Å²) >= 11 is 0. The molecule has 3 rings (SSSR count). The molecule has 0 aliphatic heterocycles. The highest BCUT2D eigenvalue weighted by Gasteiger charge is 2.15. The second kappa shape index (κ2) is 7.30. The zero-order valence-electron chi connectivity index (χ0n) is 14.5. The molecule has 0 fully saturated rings. The van der Waals surface area contributed by atoms with Crippen LogP contribution < -0.4 is 4.74 Å². The largest absolute Gasteiger partial charge is 0.497 e. The molecule has 3 aromatic rings. The van der Waals surface area contributed by atoms with E-state index in [4.69, 9.17) is 9.72 Å².